The molecule has 2 N–H and O–H groups in total. The van der Waals surface area contributed by atoms with E-state index in [9.17, 15) is 9.59 Å². The third-order valence-electron chi connectivity index (χ3n) is 2.89. The fourth-order valence-corrected chi connectivity index (χ4v) is 1.98. The summed E-state index contributed by atoms with van der Waals surface area (Å²) in [6, 6.07) is -0.947. The Bertz CT molecular complexity index is 283. The van der Waals surface area contributed by atoms with Crippen molar-refractivity contribution in [1.82, 2.24) is 10.2 Å². The van der Waals surface area contributed by atoms with Crippen molar-refractivity contribution in [3.63, 3.8) is 0 Å². The summed E-state index contributed by atoms with van der Waals surface area (Å²) in [5, 5.41) is 11.7. The molecular weight excluding hydrogens is 236 g/mol. The highest BCUT2D eigenvalue weighted by Gasteiger charge is 2.33. The van der Waals surface area contributed by atoms with Gasteiger partial charge in [0.25, 0.3) is 0 Å². The summed E-state index contributed by atoms with van der Waals surface area (Å²) in [6.07, 6.45) is 3.03. The van der Waals surface area contributed by atoms with E-state index in [1.807, 2.05) is 6.92 Å². The standard InChI is InChI=1S/C12H22N2O4/c1-2-8-18-9-4-6-13-12(17)14-7-3-5-10(14)11(15)16/h10H,2-9H2,1H3,(H,13,17)(H,15,16)/t10-/m1/s1. The van der Waals surface area contributed by atoms with Gasteiger partial charge in [0.2, 0.25) is 0 Å². The van der Waals surface area contributed by atoms with Crippen molar-refractivity contribution in [2.24, 2.45) is 0 Å². The number of carboxylic acids is 1. The predicted octanol–water partition coefficient (Wildman–Crippen LogP) is 1.06. The number of nitrogens with one attached hydrogen (secondary N) is 1. The first-order valence-electron chi connectivity index (χ1n) is 6.51. The van der Waals surface area contributed by atoms with Crippen LogP contribution in [0.25, 0.3) is 0 Å². The van der Waals surface area contributed by atoms with Crippen LogP contribution in [0.2, 0.25) is 0 Å². The Hall–Kier alpha value is -1.30. The lowest BCUT2D eigenvalue weighted by atomic mass is 10.2. The normalized spacial score (nSPS) is 18.9. The van der Waals surface area contributed by atoms with Crippen molar-refractivity contribution < 1.29 is 19.4 Å². The largest absolute Gasteiger partial charge is 0.480 e. The van der Waals surface area contributed by atoms with Gasteiger partial charge in [0.1, 0.15) is 6.04 Å². The van der Waals surface area contributed by atoms with E-state index >= 15 is 0 Å². The maximum absolute atomic E-state index is 11.8. The van der Waals surface area contributed by atoms with Crippen LogP contribution in [-0.2, 0) is 9.53 Å². The van der Waals surface area contributed by atoms with Crippen molar-refractivity contribution in [3.8, 4) is 0 Å². The van der Waals surface area contributed by atoms with Gasteiger partial charge in [0.05, 0.1) is 0 Å². The maximum atomic E-state index is 11.8. The lowest BCUT2D eigenvalue weighted by Crippen LogP contribution is -2.46. The molecule has 1 heterocycles. The Morgan fingerprint density at radius 2 is 2.22 bits per heavy atom. The number of urea groups is 1. The average molecular weight is 258 g/mol. The van der Waals surface area contributed by atoms with Crippen LogP contribution in [0, 0.1) is 0 Å². The Morgan fingerprint density at radius 3 is 2.89 bits per heavy atom. The number of hydrogen-bond donors (Lipinski definition) is 2. The Kier molecular flexibility index (Phi) is 6.49. The van der Waals surface area contributed by atoms with Gasteiger partial charge in [-0.1, -0.05) is 6.92 Å². The smallest absolute Gasteiger partial charge is 0.326 e. The van der Waals surface area contributed by atoms with E-state index in [2.05, 4.69) is 5.32 Å². The van der Waals surface area contributed by atoms with Gasteiger partial charge in [-0.3, -0.25) is 0 Å². The molecule has 0 unspecified atom stereocenters. The zero-order valence-electron chi connectivity index (χ0n) is 10.9. The van der Waals surface area contributed by atoms with Crippen LogP contribution in [-0.4, -0.2) is 54.4 Å². The molecule has 1 atom stereocenters. The van der Waals surface area contributed by atoms with E-state index in [0.717, 1.165) is 25.9 Å². The molecule has 104 valence electrons. The van der Waals surface area contributed by atoms with E-state index in [0.29, 0.717) is 26.1 Å². The molecule has 1 aliphatic rings. The minimum absolute atomic E-state index is 0.282. The second kappa shape index (κ2) is 7.92. The monoisotopic (exact) mass is 258 g/mol. The lowest BCUT2D eigenvalue weighted by molar-refractivity contribution is -0.141. The van der Waals surface area contributed by atoms with Crippen LogP contribution >= 0.6 is 0 Å². The fourth-order valence-electron chi connectivity index (χ4n) is 1.98. The summed E-state index contributed by atoms with van der Waals surface area (Å²) in [6.45, 7) is 4.44. The van der Waals surface area contributed by atoms with Crippen molar-refractivity contribution in [1.29, 1.82) is 0 Å². The number of carbonyl (C=O) groups excluding carboxylic acids is 1. The highest BCUT2D eigenvalue weighted by molar-refractivity contribution is 5.83. The number of ether oxygens (including phenoxy) is 1. The van der Waals surface area contributed by atoms with Gasteiger partial charge >= 0.3 is 12.0 Å². The Balaban J connectivity index is 2.18. The van der Waals surface area contributed by atoms with Gasteiger partial charge in [-0.05, 0) is 25.7 Å². The molecule has 1 fully saturated rings. The number of carbonyl (C=O) groups is 2. The van der Waals surface area contributed by atoms with E-state index < -0.39 is 12.0 Å². The first-order valence-corrected chi connectivity index (χ1v) is 6.51. The number of aliphatic carboxylic acids is 1. The van der Waals surface area contributed by atoms with E-state index in [1.54, 1.807) is 0 Å². The molecule has 0 radical (unpaired) electrons. The summed E-state index contributed by atoms with van der Waals surface area (Å²) in [7, 11) is 0. The van der Waals surface area contributed by atoms with Gasteiger partial charge in [0, 0.05) is 26.3 Å². The van der Waals surface area contributed by atoms with E-state index in [-0.39, 0.29) is 6.03 Å². The average Bonchev–Trinajstić information content (AvgIpc) is 2.82. The van der Waals surface area contributed by atoms with E-state index in [1.165, 1.54) is 4.90 Å². The van der Waals surface area contributed by atoms with Gasteiger partial charge in [-0.2, -0.15) is 0 Å². The van der Waals surface area contributed by atoms with Crippen molar-refractivity contribution in [2.75, 3.05) is 26.3 Å². The van der Waals surface area contributed by atoms with Crippen LogP contribution in [0.5, 0.6) is 0 Å². The number of rotatable bonds is 7. The zero-order valence-corrected chi connectivity index (χ0v) is 10.9. The van der Waals surface area contributed by atoms with Gasteiger partial charge in [-0.15, -0.1) is 0 Å². The molecule has 0 aliphatic carbocycles. The molecule has 0 bridgehead atoms. The van der Waals surface area contributed by atoms with E-state index in [4.69, 9.17) is 9.84 Å². The second-order valence-electron chi connectivity index (χ2n) is 4.39. The number of nitrogens with zero attached hydrogens (tertiary/aromatic N) is 1. The fraction of sp³-hybridized carbons (Fsp3) is 0.833. The maximum Gasteiger partial charge on any atom is 0.326 e. The van der Waals surface area contributed by atoms with Gasteiger partial charge in [0.15, 0.2) is 0 Å². The summed E-state index contributed by atoms with van der Waals surface area (Å²) in [4.78, 5) is 24.1. The Morgan fingerprint density at radius 1 is 1.44 bits per heavy atom. The summed E-state index contributed by atoms with van der Waals surface area (Å²) < 4.78 is 5.29. The molecule has 0 saturated carbocycles. The molecule has 0 aromatic heterocycles. The first kappa shape index (κ1) is 14.8. The number of carboxylic acid groups (broad SMARTS) is 1. The second-order valence-corrected chi connectivity index (χ2v) is 4.39. The topological polar surface area (TPSA) is 78.9 Å². The molecule has 0 aromatic rings. The van der Waals surface area contributed by atoms with Crippen LogP contribution < -0.4 is 5.32 Å². The molecule has 6 nitrogen and oxygen atoms in total. The number of likely N-dealkylation sites (tertiary alicyclic amines) is 1. The molecule has 1 aliphatic heterocycles. The van der Waals surface area contributed by atoms with Gasteiger partial charge in [-0.25, -0.2) is 9.59 Å². The number of amides is 2. The molecule has 1 saturated heterocycles. The summed E-state index contributed by atoms with van der Waals surface area (Å²) >= 11 is 0. The Labute approximate surface area is 107 Å². The molecule has 0 aromatic carbocycles. The molecule has 0 spiro atoms. The SMILES string of the molecule is CCCOCCCNC(=O)N1CCC[C@@H]1C(=O)O. The zero-order chi connectivity index (χ0) is 13.4. The molecule has 1 rings (SSSR count). The summed E-state index contributed by atoms with van der Waals surface area (Å²) in [5.74, 6) is -0.922. The molecular formula is C12H22N2O4. The van der Waals surface area contributed by atoms with Crippen LogP contribution in [0.15, 0.2) is 0 Å². The van der Waals surface area contributed by atoms with Crippen LogP contribution in [0.4, 0.5) is 4.79 Å². The highest BCUT2D eigenvalue weighted by atomic mass is 16.5. The highest BCUT2D eigenvalue weighted by Crippen LogP contribution is 2.17. The minimum Gasteiger partial charge on any atom is -0.480 e. The van der Waals surface area contributed by atoms with Crippen LogP contribution in [0.1, 0.15) is 32.6 Å². The number of hydrogen-bond acceptors (Lipinski definition) is 3. The van der Waals surface area contributed by atoms with Crippen molar-refractivity contribution in [3.05, 3.63) is 0 Å². The quantitative estimate of drug-likeness (QED) is 0.669. The third kappa shape index (κ3) is 4.52. The minimum atomic E-state index is -0.922. The molecule has 6 heteroatoms. The van der Waals surface area contributed by atoms with Crippen LogP contribution in [0.3, 0.4) is 0 Å². The predicted molar refractivity (Wildman–Crippen MR) is 66.5 cm³/mol. The third-order valence-corrected chi connectivity index (χ3v) is 2.89. The van der Waals surface area contributed by atoms with Crippen molar-refractivity contribution >= 4 is 12.0 Å². The molecule has 2 amide bonds. The van der Waals surface area contributed by atoms with Gasteiger partial charge < -0.3 is 20.1 Å². The summed E-state index contributed by atoms with van der Waals surface area (Å²) in [5.41, 5.74) is 0. The molecule has 18 heavy (non-hydrogen) atoms. The van der Waals surface area contributed by atoms with Crippen molar-refractivity contribution in [2.45, 2.75) is 38.6 Å². The lowest BCUT2D eigenvalue weighted by Gasteiger charge is -2.21. The first-order chi connectivity index (χ1) is 8.66.